The molecule has 0 bridgehead atoms. The van der Waals surface area contributed by atoms with E-state index in [1.165, 1.54) is 5.56 Å². The number of hydrogen-bond donors (Lipinski definition) is 1. The van der Waals surface area contributed by atoms with Crippen LogP contribution in [0.25, 0.3) is 0 Å². The van der Waals surface area contributed by atoms with Gasteiger partial charge < -0.3 is 0 Å². The third kappa shape index (κ3) is 3.99. The maximum Gasteiger partial charge on any atom is 0.263 e. The summed E-state index contributed by atoms with van der Waals surface area (Å²) < 4.78 is 30.8. The lowest BCUT2D eigenvalue weighted by Gasteiger charge is -2.12. The molecule has 0 fully saturated rings. The van der Waals surface area contributed by atoms with E-state index in [2.05, 4.69) is 25.8 Å². The van der Waals surface area contributed by atoms with Crippen molar-refractivity contribution in [2.45, 2.75) is 32.2 Å². The van der Waals surface area contributed by atoms with Crippen molar-refractivity contribution in [1.29, 1.82) is 0 Å². The Kier molecular flexibility index (Phi) is 5.20. The van der Waals surface area contributed by atoms with Gasteiger partial charge in [-0.25, -0.2) is 8.42 Å². The summed E-state index contributed by atoms with van der Waals surface area (Å²) in [5, 5.41) is 4.35. The van der Waals surface area contributed by atoms with Crippen LogP contribution < -0.4 is 4.72 Å². The number of sulfonamides is 1. The molecule has 5 nitrogen and oxygen atoms in total. The van der Waals surface area contributed by atoms with Gasteiger partial charge in [0, 0.05) is 16.7 Å². The molecule has 7 heteroatoms. The zero-order chi connectivity index (χ0) is 18.9. The largest absolute Gasteiger partial charge is 0.266 e. The Hall–Kier alpha value is -2.12. The molecular formula is C19H20BrN3O2S. The van der Waals surface area contributed by atoms with Gasteiger partial charge in [0.2, 0.25) is 0 Å². The number of hydrogen-bond acceptors (Lipinski definition) is 3. The van der Waals surface area contributed by atoms with Gasteiger partial charge in [-0.1, -0.05) is 40.2 Å². The van der Waals surface area contributed by atoms with Crippen LogP contribution >= 0.6 is 15.9 Å². The number of halogens is 1. The van der Waals surface area contributed by atoms with E-state index in [1.54, 1.807) is 42.9 Å². The van der Waals surface area contributed by atoms with Crippen LogP contribution in [0.2, 0.25) is 0 Å². The van der Waals surface area contributed by atoms with Gasteiger partial charge >= 0.3 is 0 Å². The van der Waals surface area contributed by atoms with Gasteiger partial charge in [0.1, 0.15) is 0 Å². The van der Waals surface area contributed by atoms with E-state index in [9.17, 15) is 8.42 Å². The molecule has 26 heavy (non-hydrogen) atoms. The molecule has 0 aliphatic carbocycles. The summed E-state index contributed by atoms with van der Waals surface area (Å²) in [6.07, 6.45) is 1.77. The molecule has 0 atom stereocenters. The first-order chi connectivity index (χ1) is 12.3. The Morgan fingerprint density at radius 1 is 1.04 bits per heavy atom. The third-order valence-electron chi connectivity index (χ3n) is 4.17. The fourth-order valence-corrected chi connectivity index (χ4v) is 5.11. The van der Waals surface area contributed by atoms with E-state index < -0.39 is 10.0 Å². The molecule has 1 aromatic heterocycles. The van der Waals surface area contributed by atoms with Crippen LogP contribution in [0.1, 0.15) is 22.3 Å². The lowest BCUT2D eigenvalue weighted by Crippen LogP contribution is -2.16. The molecule has 3 rings (SSSR count). The SMILES string of the molecule is Cc1ccccc1Cn1ccc(NS(=O)(=O)c2c(C)cc(Br)cc2C)n1. The minimum atomic E-state index is -3.71. The number of aromatic nitrogens is 2. The van der Waals surface area contributed by atoms with E-state index in [0.29, 0.717) is 23.5 Å². The number of anilines is 1. The lowest BCUT2D eigenvalue weighted by molar-refractivity contribution is 0.599. The number of benzene rings is 2. The van der Waals surface area contributed by atoms with Gasteiger partial charge in [0.15, 0.2) is 5.82 Å². The van der Waals surface area contributed by atoms with Crippen LogP contribution in [0, 0.1) is 20.8 Å². The second-order valence-corrected chi connectivity index (χ2v) is 8.83. The normalized spacial score (nSPS) is 11.5. The summed E-state index contributed by atoms with van der Waals surface area (Å²) in [6.45, 7) is 6.19. The third-order valence-corrected chi connectivity index (χ3v) is 6.28. The minimum absolute atomic E-state index is 0.286. The second kappa shape index (κ2) is 7.25. The summed E-state index contributed by atoms with van der Waals surface area (Å²) in [5.74, 6) is 0.306. The Labute approximate surface area is 162 Å². The number of aryl methyl sites for hydroxylation is 3. The quantitative estimate of drug-likeness (QED) is 0.647. The van der Waals surface area contributed by atoms with Crippen LogP contribution in [0.15, 0.2) is 58.0 Å². The van der Waals surface area contributed by atoms with E-state index in [0.717, 1.165) is 10.0 Å². The molecule has 0 spiro atoms. The van der Waals surface area contributed by atoms with Gasteiger partial charge in [0.25, 0.3) is 10.0 Å². The van der Waals surface area contributed by atoms with Gasteiger partial charge in [-0.2, -0.15) is 5.10 Å². The van der Waals surface area contributed by atoms with Gasteiger partial charge in [-0.05, 0) is 55.2 Å². The first-order valence-electron chi connectivity index (χ1n) is 8.14. The topological polar surface area (TPSA) is 64.0 Å². The molecule has 136 valence electrons. The standard InChI is InChI=1S/C19H20BrN3O2S/c1-13-6-4-5-7-16(13)12-23-9-8-18(21-23)22-26(24,25)19-14(2)10-17(20)11-15(19)3/h4-11H,12H2,1-3H3,(H,21,22). The predicted octanol–water partition coefficient (Wildman–Crippen LogP) is 4.42. The van der Waals surface area contributed by atoms with Crippen molar-refractivity contribution in [3.63, 3.8) is 0 Å². The molecule has 0 aliphatic heterocycles. The lowest BCUT2D eigenvalue weighted by atomic mass is 10.1. The molecule has 2 aromatic carbocycles. The molecule has 0 saturated carbocycles. The molecular weight excluding hydrogens is 414 g/mol. The highest BCUT2D eigenvalue weighted by molar-refractivity contribution is 9.10. The number of nitrogens with one attached hydrogen (secondary N) is 1. The van der Waals surface area contributed by atoms with Crippen LogP contribution in [-0.2, 0) is 16.6 Å². The van der Waals surface area contributed by atoms with Crippen LogP contribution in [-0.4, -0.2) is 18.2 Å². The van der Waals surface area contributed by atoms with E-state index in [1.807, 2.05) is 31.2 Å². The van der Waals surface area contributed by atoms with Gasteiger partial charge in [-0.15, -0.1) is 0 Å². The van der Waals surface area contributed by atoms with Crippen molar-refractivity contribution < 1.29 is 8.42 Å². The predicted molar refractivity (Wildman–Crippen MR) is 107 cm³/mol. The summed E-state index contributed by atoms with van der Waals surface area (Å²) in [4.78, 5) is 0.286. The molecule has 0 saturated heterocycles. The fraction of sp³-hybridized carbons (Fsp3) is 0.211. The van der Waals surface area contributed by atoms with Gasteiger partial charge in [0.05, 0.1) is 11.4 Å². The number of nitrogens with zero attached hydrogens (tertiary/aromatic N) is 2. The maximum atomic E-state index is 12.8. The van der Waals surface area contributed by atoms with Gasteiger partial charge in [-0.3, -0.25) is 9.40 Å². The Morgan fingerprint density at radius 3 is 2.35 bits per heavy atom. The highest BCUT2D eigenvalue weighted by Crippen LogP contribution is 2.26. The van der Waals surface area contributed by atoms with Crippen LogP contribution in [0.5, 0.6) is 0 Å². The van der Waals surface area contributed by atoms with Crippen LogP contribution in [0.4, 0.5) is 5.82 Å². The monoisotopic (exact) mass is 433 g/mol. The summed E-state index contributed by atoms with van der Waals surface area (Å²) in [7, 11) is -3.71. The molecule has 0 aliphatic rings. The fourth-order valence-electron chi connectivity index (χ4n) is 2.98. The molecule has 0 radical (unpaired) electrons. The molecule has 1 heterocycles. The molecule has 0 unspecified atom stereocenters. The summed E-state index contributed by atoms with van der Waals surface area (Å²) >= 11 is 3.39. The number of rotatable bonds is 5. The van der Waals surface area contributed by atoms with E-state index >= 15 is 0 Å². The Morgan fingerprint density at radius 2 is 1.69 bits per heavy atom. The molecule has 1 N–H and O–H groups in total. The van der Waals surface area contributed by atoms with E-state index in [-0.39, 0.29) is 4.90 Å². The van der Waals surface area contributed by atoms with Crippen molar-refractivity contribution in [3.8, 4) is 0 Å². The maximum absolute atomic E-state index is 12.8. The molecule has 3 aromatic rings. The average Bonchev–Trinajstić information content (AvgIpc) is 2.94. The van der Waals surface area contributed by atoms with Crippen molar-refractivity contribution in [1.82, 2.24) is 9.78 Å². The van der Waals surface area contributed by atoms with Crippen molar-refractivity contribution in [2.24, 2.45) is 0 Å². The van der Waals surface area contributed by atoms with Crippen LogP contribution in [0.3, 0.4) is 0 Å². The zero-order valence-electron chi connectivity index (χ0n) is 14.8. The van der Waals surface area contributed by atoms with Crippen molar-refractivity contribution in [3.05, 3.63) is 75.4 Å². The zero-order valence-corrected chi connectivity index (χ0v) is 17.2. The first-order valence-corrected chi connectivity index (χ1v) is 10.4. The minimum Gasteiger partial charge on any atom is -0.266 e. The summed E-state index contributed by atoms with van der Waals surface area (Å²) in [5.41, 5.74) is 3.68. The average molecular weight is 434 g/mol. The van der Waals surface area contributed by atoms with E-state index in [4.69, 9.17) is 0 Å². The highest BCUT2D eigenvalue weighted by atomic mass is 79.9. The second-order valence-electron chi connectivity index (χ2n) is 6.30. The molecule has 0 amide bonds. The van der Waals surface area contributed by atoms with Crippen molar-refractivity contribution in [2.75, 3.05) is 4.72 Å². The van der Waals surface area contributed by atoms with Crippen molar-refractivity contribution >= 4 is 31.8 Å². The first kappa shape index (κ1) is 18.7. The Bertz CT molecular complexity index is 1040. The smallest absolute Gasteiger partial charge is 0.263 e. The Balaban J connectivity index is 1.84. The summed E-state index contributed by atoms with van der Waals surface area (Å²) in [6, 6.07) is 13.3. The highest BCUT2D eigenvalue weighted by Gasteiger charge is 2.21.